The van der Waals surface area contributed by atoms with Crippen LogP contribution >= 0.6 is 0 Å². The van der Waals surface area contributed by atoms with Gasteiger partial charge in [-0.05, 0) is 36.1 Å². The summed E-state index contributed by atoms with van der Waals surface area (Å²) in [5, 5.41) is 16.6. The van der Waals surface area contributed by atoms with Crippen LogP contribution in [-0.2, 0) is 24.4 Å². The Balaban J connectivity index is 1.08. The number of fused-ring (bicyclic) bond motifs is 1. The first kappa shape index (κ1) is 26.6. The summed E-state index contributed by atoms with van der Waals surface area (Å²) in [6.07, 6.45) is 4.48. The molecular weight excluding hydrogens is 502 g/mol. The number of nitrogens with one attached hydrogen (secondary N) is 2. The number of carbonyl (C=O) groups excluding carboxylic acids is 2. The molecule has 1 saturated heterocycles. The van der Waals surface area contributed by atoms with Gasteiger partial charge in [0.05, 0.1) is 18.3 Å². The molecule has 206 valence electrons. The first-order chi connectivity index (χ1) is 18.9. The lowest BCUT2D eigenvalue weighted by Crippen LogP contribution is -2.56. The number of hydrogen-bond donors (Lipinski definition) is 3. The van der Waals surface area contributed by atoms with E-state index < -0.39 is 6.10 Å². The highest BCUT2D eigenvalue weighted by Crippen LogP contribution is 2.30. The van der Waals surface area contributed by atoms with Gasteiger partial charge in [-0.15, -0.1) is 0 Å². The summed E-state index contributed by atoms with van der Waals surface area (Å²) in [5.41, 5.74) is 3.81. The van der Waals surface area contributed by atoms with Crippen molar-refractivity contribution in [2.75, 3.05) is 38.0 Å². The number of carbonyl (C=O) groups is 2. The van der Waals surface area contributed by atoms with Crippen molar-refractivity contribution in [1.82, 2.24) is 30.1 Å². The molecular formula is C27H33N7O5. The topological polar surface area (TPSA) is 146 Å². The Kier molecular flexibility index (Phi) is 8.03. The average Bonchev–Trinajstić information content (AvgIpc) is 3.42. The molecule has 2 aromatic heterocycles. The maximum Gasteiger partial charge on any atom is 0.270 e. The molecule has 0 unspecified atom stereocenters. The van der Waals surface area contributed by atoms with Crippen molar-refractivity contribution >= 4 is 17.6 Å². The highest BCUT2D eigenvalue weighted by molar-refractivity contribution is 5.92. The number of amides is 2. The number of benzene rings is 1. The Morgan fingerprint density at radius 2 is 2.13 bits per heavy atom. The molecule has 12 heteroatoms. The summed E-state index contributed by atoms with van der Waals surface area (Å²) in [6, 6.07) is 5.71. The summed E-state index contributed by atoms with van der Waals surface area (Å²) in [7, 11) is 0. The number of nitrogens with zero attached hydrogens (tertiary/aromatic N) is 5. The molecule has 1 atom stereocenters. The van der Waals surface area contributed by atoms with E-state index >= 15 is 0 Å². The van der Waals surface area contributed by atoms with Gasteiger partial charge in [0.15, 0.2) is 12.2 Å². The minimum atomic E-state index is -0.729. The van der Waals surface area contributed by atoms with Gasteiger partial charge >= 0.3 is 0 Å². The number of hydrogen-bond acceptors (Lipinski definition) is 10. The van der Waals surface area contributed by atoms with Gasteiger partial charge in [-0.2, -0.15) is 0 Å². The molecule has 2 aliphatic rings. The predicted molar refractivity (Wildman–Crippen MR) is 141 cm³/mol. The average molecular weight is 536 g/mol. The Bertz CT molecular complexity index is 1310. The van der Waals surface area contributed by atoms with Crippen LogP contribution in [0.2, 0.25) is 0 Å². The molecule has 2 aliphatic heterocycles. The smallest absolute Gasteiger partial charge is 0.270 e. The monoisotopic (exact) mass is 535 g/mol. The quantitative estimate of drug-likeness (QED) is 0.345. The Hall–Kier alpha value is -4.03. The van der Waals surface area contributed by atoms with Gasteiger partial charge in [0.2, 0.25) is 5.91 Å². The number of aliphatic hydroxyl groups excluding tert-OH is 1. The normalized spacial score (nSPS) is 16.2. The minimum absolute atomic E-state index is 0.0390. The van der Waals surface area contributed by atoms with Crippen molar-refractivity contribution in [3.8, 4) is 5.75 Å². The van der Waals surface area contributed by atoms with Gasteiger partial charge in [0, 0.05) is 52.3 Å². The fourth-order valence-electron chi connectivity index (χ4n) is 4.91. The van der Waals surface area contributed by atoms with Crippen LogP contribution in [0.25, 0.3) is 0 Å². The Morgan fingerprint density at radius 1 is 1.28 bits per heavy atom. The second-order valence-corrected chi connectivity index (χ2v) is 9.99. The molecule has 1 fully saturated rings. The van der Waals surface area contributed by atoms with Crippen molar-refractivity contribution in [3.63, 3.8) is 0 Å². The molecule has 3 aromatic rings. The fourth-order valence-corrected chi connectivity index (χ4v) is 4.91. The summed E-state index contributed by atoms with van der Waals surface area (Å²) in [4.78, 5) is 40.0. The third-order valence-electron chi connectivity index (χ3n) is 7.12. The van der Waals surface area contributed by atoms with E-state index in [1.165, 1.54) is 30.8 Å². The minimum Gasteiger partial charge on any atom is -0.485 e. The number of aliphatic hydroxyl groups is 1. The molecule has 0 saturated carbocycles. The van der Waals surface area contributed by atoms with Crippen LogP contribution < -0.4 is 15.4 Å². The van der Waals surface area contributed by atoms with E-state index in [-0.39, 0.29) is 30.1 Å². The van der Waals surface area contributed by atoms with Gasteiger partial charge in [0.25, 0.3) is 5.91 Å². The zero-order valence-corrected chi connectivity index (χ0v) is 22.1. The standard InChI is InChI=1S/C27H33N7O5/c1-17-23-5-6-33(10-19(23)3-4-25(17)38-14-22-9-28-16-39-22)13-21(36)8-29-27(37)24-7-26(31-15-30-24)32-20-11-34(12-20)18(2)35/h3-4,7,9,15-16,20-21,36H,5-6,8,10-14H2,1-2H3,(H,29,37)(H,30,31,32)/t21-/m0/s1. The number of likely N-dealkylation sites (tertiary alicyclic amines) is 1. The van der Waals surface area contributed by atoms with Crippen molar-refractivity contribution in [2.24, 2.45) is 0 Å². The Labute approximate surface area is 226 Å². The third kappa shape index (κ3) is 6.52. The molecule has 0 aliphatic carbocycles. The number of β-amino-alcohol motifs (C(OH)–C–C–N with tert-alkyl or cyclic N) is 1. The number of anilines is 1. The lowest BCUT2D eigenvalue weighted by atomic mass is 9.94. The molecule has 39 heavy (non-hydrogen) atoms. The largest absolute Gasteiger partial charge is 0.485 e. The summed E-state index contributed by atoms with van der Waals surface area (Å²) < 4.78 is 11.2. The summed E-state index contributed by atoms with van der Waals surface area (Å²) in [5.74, 6) is 1.69. The summed E-state index contributed by atoms with van der Waals surface area (Å²) in [6.45, 7) is 7.20. The van der Waals surface area contributed by atoms with Crippen LogP contribution in [0.15, 0.2) is 41.5 Å². The first-order valence-electron chi connectivity index (χ1n) is 13.0. The van der Waals surface area contributed by atoms with Crippen molar-refractivity contribution in [3.05, 3.63) is 65.3 Å². The van der Waals surface area contributed by atoms with Crippen LogP contribution in [0.4, 0.5) is 5.82 Å². The zero-order chi connectivity index (χ0) is 27.4. The lowest BCUT2D eigenvalue weighted by Gasteiger charge is -2.39. The highest BCUT2D eigenvalue weighted by atomic mass is 16.5. The maximum absolute atomic E-state index is 12.6. The maximum atomic E-state index is 12.6. The highest BCUT2D eigenvalue weighted by Gasteiger charge is 2.29. The van der Waals surface area contributed by atoms with Gasteiger partial charge in [0.1, 0.15) is 30.2 Å². The van der Waals surface area contributed by atoms with Gasteiger partial charge in [-0.1, -0.05) is 6.07 Å². The molecule has 0 bridgehead atoms. The van der Waals surface area contributed by atoms with Gasteiger partial charge < -0.3 is 29.8 Å². The van der Waals surface area contributed by atoms with Crippen LogP contribution in [-0.4, -0.2) is 86.5 Å². The zero-order valence-electron chi connectivity index (χ0n) is 22.1. The Morgan fingerprint density at radius 3 is 2.90 bits per heavy atom. The van der Waals surface area contributed by atoms with Crippen molar-refractivity contribution in [1.29, 1.82) is 0 Å². The molecule has 12 nitrogen and oxygen atoms in total. The van der Waals surface area contributed by atoms with Crippen LogP contribution in [0.5, 0.6) is 5.75 Å². The molecule has 5 rings (SSSR count). The van der Waals surface area contributed by atoms with Crippen LogP contribution in [0.1, 0.15) is 39.9 Å². The molecule has 4 heterocycles. The van der Waals surface area contributed by atoms with Gasteiger partial charge in [-0.25, -0.2) is 15.0 Å². The molecule has 1 aromatic carbocycles. The third-order valence-corrected chi connectivity index (χ3v) is 7.12. The SMILES string of the molecule is CC(=O)N1CC(Nc2cc(C(=O)NC[C@H](O)CN3CCc4c(ccc(OCc5cnco5)c4C)C3)ncn2)C1. The molecule has 2 amide bonds. The van der Waals surface area contributed by atoms with E-state index in [1.54, 1.807) is 17.2 Å². The van der Waals surface area contributed by atoms with Crippen molar-refractivity contribution < 1.29 is 23.8 Å². The van der Waals surface area contributed by atoms with Crippen molar-refractivity contribution in [2.45, 2.75) is 45.6 Å². The number of oxazole rings is 1. The fraction of sp³-hybridized carbons (Fsp3) is 0.444. The number of aromatic nitrogens is 3. The number of ether oxygens (including phenoxy) is 1. The molecule has 0 radical (unpaired) electrons. The van der Waals surface area contributed by atoms with E-state index in [4.69, 9.17) is 9.15 Å². The lowest BCUT2D eigenvalue weighted by molar-refractivity contribution is -0.132. The first-order valence-corrected chi connectivity index (χ1v) is 13.0. The number of rotatable bonds is 10. The van der Waals surface area contributed by atoms with E-state index in [2.05, 4.69) is 43.5 Å². The summed E-state index contributed by atoms with van der Waals surface area (Å²) >= 11 is 0. The van der Waals surface area contributed by atoms with E-state index in [1.807, 2.05) is 6.07 Å². The second kappa shape index (κ2) is 11.8. The second-order valence-electron chi connectivity index (χ2n) is 9.99. The molecule has 0 spiro atoms. The van der Waals surface area contributed by atoms with Crippen LogP contribution in [0.3, 0.4) is 0 Å². The predicted octanol–water partition coefficient (Wildman–Crippen LogP) is 1.14. The van der Waals surface area contributed by atoms with Gasteiger partial charge in [-0.3, -0.25) is 14.5 Å². The van der Waals surface area contributed by atoms with E-state index in [0.29, 0.717) is 44.4 Å². The molecule has 3 N–H and O–H groups in total. The van der Waals surface area contributed by atoms with E-state index in [0.717, 1.165) is 24.3 Å². The van der Waals surface area contributed by atoms with Crippen LogP contribution in [0, 0.1) is 6.92 Å². The van der Waals surface area contributed by atoms with E-state index in [9.17, 15) is 14.7 Å².